The molecule has 0 aromatic carbocycles. The molecule has 1 aromatic rings. The number of aromatic nitrogens is 1. The number of amides is 1. The van der Waals surface area contributed by atoms with Gasteiger partial charge in [0.2, 0.25) is 10.0 Å². The van der Waals surface area contributed by atoms with Crippen LogP contribution in [0.25, 0.3) is 0 Å². The summed E-state index contributed by atoms with van der Waals surface area (Å²) in [6, 6.07) is 0. The number of aromatic amines is 1. The van der Waals surface area contributed by atoms with Crippen LogP contribution in [0.5, 0.6) is 0 Å². The minimum Gasteiger partial charge on any atom is -0.353 e. The van der Waals surface area contributed by atoms with Gasteiger partial charge in [-0.25, -0.2) is 8.42 Å². The number of carbonyl (C=O) groups is 1. The molecular formula is C19H31N3O3S. The lowest BCUT2D eigenvalue weighted by Crippen LogP contribution is -2.38. The average Bonchev–Trinajstić information content (AvgIpc) is 2.79. The van der Waals surface area contributed by atoms with Crippen molar-refractivity contribution in [1.82, 2.24) is 14.2 Å². The van der Waals surface area contributed by atoms with Crippen molar-refractivity contribution in [2.24, 2.45) is 5.92 Å². The van der Waals surface area contributed by atoms with Crippen LogP contribution in [0.1, 0.15) is 67.2 Å². The van der Waals surface area contributed by atoms with E-state index >= 15 is 0 Å². The molecule has 1 amide bonds. The number of H-pyrrole nitrogens is 1. The fraction of sp³-hybridized carbons (Fsp3) is 0.737. The molecule has 3 heterocycles. The number of nitrogens with one attached hydrogen (secondary N) is 1. The fourth-order valence-corrected chi connectivity index (χ4v) is 6.00. The van der Waals surface area contributed by atoms with Crippen molar-refractivity contribution in [2.75, 3.05) is 26.2 Å². The predicted molar refractivity (Wildman–Crippen MR) is 102 cm³/mol. The molecule has 6 nitrogen and oxygen atoms in total. The van der Waals surface area contributed by atoms with Gasteiger partial charge in [0.25, 0.3) is 5.91 Å². The zero-order chi connectivity index (χ0) is 18.9. The fourth-order valence-electron chi connectivity index (χ4n) is 4.12. The van der Waals surface area contributed by atoms with Crippen molar-refractivity contribution in [3.8, 4) is 0 Å². The van der Waals surface area contributed by atoms with Gasteiger partial charge in [0.1, 0.15) is 10.6 Å². The van der Waals surface area contributed by atoms with Crippen molar-refractivity contribution < 1.29 is 13.2 Å². The van der Waals surface area contributed by atoms with E-state index in [-0.39, 0.29) is 5.91 Å². The first-order valence-electron chi connectivity index (χ1n) is 9.81. The second-order valence-corrected chi connectivity index (χ2v) is 9.75. The second kappa shape index (κ2) is 7.72. The van der Waals surface area contributed by atoms with Gasteiger partial charge < -0.3 is 9.88 Å². The number of likely N-dealkylation sites (tertiary alicyclic amines) is 1. The van der Waals surface area contributed by atoms with Gasteiger partial charge in [-0.2, -0.15) is 4.31 Å². The highest BCUT2D eigenvalue weighted by Gasteiger charge is 2.34. The number of piperidine rings is 1. The summed E-state index contributed by atoms with van der Waals surface area (Å²) >= 11 is 0. The summed E-state index contributed by atoms with van der Waals surface area (Å²) in [6.07, 6.45) is 6.12. The Labute approximate surface area is 157 Å². The van der Waals surface area contributed by atoms with Gasteiger partial charge in [-0.1, -0.05) is 19.8 Å². The van der Waals surface area contributed by atoms with E-state index in [0.717, 1.165) is 51.6 Å². The highest BCUT2D eigenvalue weighted by atomic mass is 32.2. The monoisotopic (exact) mass is 381 g/mol. The molecule has 26 heavy (non-hydrogen) atoms. The Morgan fingerprint density at radius 2 is 1.58 bits per heavy atom. The Bertz CT molecular complexity index is 753. The molecule has 146 valence electrons. The quantitative estimate of drug-likeness (QED) is 0.874. The van der Waals surface area contributed by atoms with Crippen LogP contribution >= 0.6 is 0 Å². The minimum atomic E-state index is -3.57. The number of carbonyl (C=O) groups excluding carboxylic acids is 1. The summed E-state index contributed by atoms with van der Waals surface area (Å²) in [5, 5.41) is 0. The topological polar surface area (TPSA) is 73.5 Å². The van der Waals surface area contributed by atoms with Crippen LogP contribution in [0.3, 0.4) is 0 Å². The van der Waals surface area contributed by atoms with Gasteiger partial charge in [0, 0.05) is 31.9 Å². The van der Waals surface area contributed by atoms with Crippen molar-refractivity contribution >= 4 is 15.9 Å². The predicted octanol–water partition coefficient (Wildman–Crippen LogP) is 3.07. The Hall–Kier alpha value is -1.34. The second-order valence-electron chi connectivity index (χ2n) is 7.87. The maximum atomic E-state index is 13.2. The summed E-state index contributed by atoms with van der Waals surface area (Å²) in [5.74, 6) is 0.497. The van der Waals surface area contributed by atoms with Crippen molar-refractivity contribution in [1.29, 1.82) is 0 Å². The highest BCUT2D eigenvalue weighted by molar-refractivity contribution is 7.89. The molecule has 0 bridgehead atoms. The third kappa shape index (κ3) is 3.69. The third-order valence-corrected chi connectivity index (χ3v) is 7.99. The molecule has 0 atom stereocenters. The molecule has 7 heteroatoms. The SMILES string of the molecule is Cc1[nH]c(C(=O)N2CCCCCC2)c(C)c1S(=O)(=O)N1CCC(C)CC1. The van der Waals surface area contributed by atoms with Gasteiger partial charge >= 0.3 is 0 Å². The zero-order valence-electron chi connectivity index (χ0n) is 16.2. The van der Waals surface area contributed by atoms with E-state index in [4.69, 9.17) is 0 Å². The Balaban J connectivity index is 1.89. The van der Waals surface area contributed by atoms with Gasteiger partial charge in [0.15, 0.2) is 0 Å². The smallest absolute Gasteiger partial charge is 0.270 e. The molecule has 0 saturated carbocycles. The van der Waals surface area contributed by atoms with Crippen LogP contribution in [0.4, 0.5) is 0 Å². The number of aryl methyl sites for hydroxylation is 1. The Morgan fingerprint density at radius 1 is 1.00 bits per heavy atom. The largest absolute Gasteiger partial charge is 0.353 e. The lowest BCUT2D eigenvalue weighted by atomic mass is 10.0. The van der Waals surface area contributed by atoms with E-state index in [0.29, 0.717) is 40.9 Å². The van der Waals surface area contributed by atoms with E-state index in [2.05, 4.69) is 11.9 Å². The summed E-state index contributed by atoms with van der Waals surface area (Å²) < 4.78 is 27.9. The normalized spacial score (nSPS) is 21.0. The van der Waals surface area contributed by atoms with E-state index in [1.807, 2.05) is 4.90 Å². The maximum absolute atomic E-state index is 13.2. The van der Waals surface area contributed by atoms with Gasteiger partial charge in [0.05, 0.1) is 0 Å². The van der Waals surface area contributed by atoms with Crippen molar-refractivity contribution in [3.05, 3.63) is 17.0 Å². The first kappa shape index (κ1) is 19.4. The molecule has 2 saturated heterocycles. The van der Waals surface area contributed by atoms with E-state index < -0.39 is 10.0 Å². The first-order valence-corrected chi connectivity index (χ1v) is 11.2. The Morgan fingerprint density at radius 3 is 2.15 bits per heavy atom. The van der Waals surface area contributed by atoms with Crippen molar-refractivity contribution in [3.63, 3.8) is 0 Å². The lowest BCUT2D eigenvalue weighted by Gasteiger charge is -2.29. The first-order chi connectivity index (χ1) is 12.3. The van der Waals surface area contributed by atoms with E-state index in [1.165, 1.54) is 0 Å². The zero-order valence-corrected chi connectivity index (χ0v) is 17.0. The van der Waals surface area contributed by atoms with E-state index in [9.17, 15) is 13.2 Å². The average molecular weight is 382 g/mol. The maximum Gasteiger partial charge on any atom is 0.270 e. The molecule has 1 N–H and O–H groups in total. The van der Waals surface area contributed by atoms with Crippen molar-refractivity contribution in [2.45, 2.75) is 64.2 Å². The van der Waals surface area contributed by atoms with Crippen LogP contribution in [-0.4, -0.2) is 54.7 Å². The lowest BCUT2D eigenvalue weighted by molar-refractivity contribution is 0.0755. The van der Waals surface area contributed by atoms with Crippen LogP contribution < -0.4 is 0 Å². The van der Waals surface area contributed by atoms with Gasteiger partial charge in [-0.15, -0.1) is 0 Å². The molecule has 2 aliphatic rings. The minimum absolute atomic E-state index is 0.0683. The number of nitrogens with zero attached hydrogens (tertiary/aromatic N) is 2. The third-order valence-electron chi connectivity index (χ3n) is 5.82. The Kier molecular flexibility index (Phi) is 5.77. The van der Waals surface area contributed by atoms with E-state index in [1.54, 1.807) is 18.2 Å². The number of hydrogen-bond donors (Lipinski definition) is 1. The summed E-state index contributed by atoms with van der Waals surface area (Å²) in [5.41, 5.74) is 1.57. The number of hydrogen-bond acceptors (Lipinski definition) is 3. The van der Waals surface area contributed by atoms with Crippen LogP contribution in [0.2, 0.25) is 0 Å². The number of rotatable bonds is 3. The summed E-state index contributed by atoms with van der Waals surface area (Å²) in [4.78, 5) is 18.2. The molecule has 3 rings (SSSR count). The summed E-state index contributed by atoms with van der Waals surface area (Å²) in [7, 11) is -3.57. The molecule has 2 aliphatic heterocycles. The molecule has 0 spiro atoms. The van der Waals surface area contributed by atoms with Crippen LogP contribution in [0, 0.1) is 19.8 Å². The molecule has 1 aromatic heterocycles. The standard InChI is InChI=1S/C19H31N3O3S/c1-14-8-12-22(13-9-14)26(24,25)18-15(2)17(20-16(18)3)19(23)21-10-6-4-5-7-11-21/h14,20H,4-13H2,1-3H3. The highest BCUT2D eigenvalue weighted by Crippen LogP contribution is 2.30. The van der Waals surface area contributed by atoms with Gasteiger partial charge in [-0.05, 0) is 51.0 Å². The molecule has 0 aliphatic carbocycles. The molecule has 0 unspecified atom stereocenters. The molecule has 0 radical (unpaired) electrons. The molecule has 2 fully saturated rings. The summed E-state index contributed by atoms with van der Waals surface area (Å²) in [6.45, 7) is 8.30. The van der Waals surface area contributed by atoms with Crippen LogP contribution in [-0.2, 0) is 10.0 Å². The van der Waals surface area contributed by atoms with Gasteiger partial charge in [-0.3, -0.25) is 4.79 Å². The molecular weight excluding hydrogens is 350 g/mol. The number of sulfonamides is 1. The van der Waals surface area contributed by atoms with Crippen LogP contribution in [0.15, 0.2) is 4.90 Å².